The molecule has 0 atom stereocenters. The van der Waals surface area contributed by atoms with Crippen LogP contribution in [0.5, 0.6) is 0 Å². The van der Waals surface area contributed by atoms with E-state index >= 15 is 0 Å². The Morgan fingerprint density at radius 2 is 2.11 bits per heavy atom. The first-order valence-electron chi connectivity index (χ1n) is 6.45. The molecule has 6 heteroatoms. The van der Waals surface area contributed by atoms with Crippen molar-refractivity contribution in [2.45, 2.75) is 13.3 Å². The molecule has 1 rings (SSSR count). The Bertz CT molecular complexity index is 408. The van der Waals surface area contributed by atoms with Crippen LogP contribution in [0.3, 0.4) is 0 Å². The van der Waals surface area contributed by atoms with E-state index < -0.39 is 0 Å². The molecule has 0 saturated heterocycles. The summed E-state index contributed by atoms with van der Waals surface area (Å²) in [5.41, 5.74) is 3.63. The third-order valence-electron chi connectivity index (χ3n) is 2.74. The van der Waals surface area contributed by atoms with Gasteiger partial charge in [-0.05, 0) is 32.6 Å². The molecule has 1 amide bonds. The summed E-state index contributed by atoms with van der Waals surface area (Å²) in [7, 11) is 3.98. The highest BCUT2D eigenvalue weighted by molar-refractivity contribution is 5.93. The van der Waals surface area contributed by atoms with Crippen LogP contribution in [0.1, 0.15) is 23.8 Å². The molecule has 0 radical (unpaired) electrons. The molecule has 3 N–H and O–H groups in total. The normalized spacial score (nSPS) is 10.6. The number of nitrogens with zero attached hydrogens (tertiary/aromatic N) is 3. The third-order valence-corrected chi connectivity index (χ3v) is 2.74. The van der Waals surface area contributed by atoms with Crippen molar-refractivity contribution in [2.75, 3.05) is 39.2 Å². The van der Waals surface area contributed by atoms with Gasteiger partial charge in [0.1, 0.15) is 5.69 Å². The Balaban J connectivity index is 2.79. The molecule has 0 unspecified atom stereocenters. The predicted octanol–water partition coefficient (Wildman–Crippen LogP) is 0.781. The van der Waals surface area contributed by atoms with Gasteiger partial charge in [-0.1, -0.05) is 6.92 Å². The number of hydrazine groups is 1. The molecule has 0 spiro atoms. The molecule has 1 heterocycles. The minimum absolute atomic E-state index is 0.0548. The number of hydrogen-bond donors (Lipinski definition) is 2. The van der Waals surface area contributed by atoms with E-state index in [4.69, 9.17) is 5.84 Å². The van der Waals surface area contributed by atoms with Crippen LogP contribution in [0.15, 0.2) is 18.3 Å². The fourth-order valence-corrected chi connectivity index (χ4v) is 1.70. The summed E-state index contributed by atoms with van der Waals surface area (Å²) in [6.07, 6.45) is 2.51. The first-order chi connectivity index (χ1) is 9.08. The number of hydrogen-bond acceptors (Lipinski definition) is 5. The monoisotopic (exact) mass is 265 g/mol. The van der Waals surface area contributed by atoms with Gasteiger partial charge in [0, 0.05) is 25.8 Å². The van der Waals surface area contributed by atoms with Crippen LogP contribution in [-0.2, 0) is 0 Å². The van der Waals surface area contributed by atoms with Crippen LogP contribution in [-0.4, -0.2) is 54.4 Å². The van der Waals surface area contributed by atoms with E-state index in [0.29, 0.717) is 17.9 Å². The van der Waals surface area contributed by atoms with Crippen LogP contribution in [0.4, 0.5) is 5.69 Å². The Morgan fingerprint density at radius 1 is 1.37 bits per heavy atom. The average molecular weight is 265 g/mol. The van der Waals surface area contributed by atoms with Gasteiger partial charge in [-0.2, -0.15) is 0 Å². The van der Waals surface area contributed by atoms with E-state index in [1.54, 1.807) is 18.3 Å². The molecule has 0 aliphatic carbocycles. The molecular formula is C13H23N5O. The van der Waals surface area contributed by atoms with Crippen molar-refractivity contribution in [3.8, 4) is 0 Å². The minimum Gasteiger partial charge on any atom is -0.336 e. The van der Waals surface area contributed by atoms with Crippen LogP contribution in [0.2, 0.25) is 0 Å². The van der Waals surface area contributed by atoms with Gasteiger partial charge in [-0.25, -0.2) is 0 Å². The number of amides is 1. The topological polar surface area (TPSA) is 74.5 Å². The summed E-state index contributed by atoms with van der Waals surface area (Å²) in [5, 5.41) is 0. The molecule has 0 aliphatic heterocycles. The van der Waals surface area contributed by atoms with E-state index in [2.05, 4.69) is 22.2 Å². The van der Waals surface area contributed by atoms with Crippen molar-refractivity contribution >= 4 is 11.6 Å². The van der Waals surface area contributed by atoms with E-state index in [1.807, 2.05) is 19.0 Å². The minimum atomic E-state index is -0.0548. The highest BCUT2D eigenvalue weighted by atomic mass is 16.2. The van der Waals surface area contributed by atoms with Crippen LogP contribution >= 0.6 is 0 Å². The molecule has 0 saturated carbocycles. The molecule has 0 aliphatic rings. The second-order valence-corrected chi connectivity index (χ2v) is 4.67. The van der Waals surface area contributed by atoms with Crippen molar-refractivity contribution < 1.29 is 4.79 Å². The lowest BCUT2D eigenvalue weighted by Gasteiger charge is -2.23. The number of nitrogens with two attached hydrogens (primary N) is 1. The molecule has 0 fully saturated rings. The van der Waals surface area contributed by atoms with Crippen molar-refractivity contribution in [3.05, 3.63) is 24.0 Å². The van der Waals surface area contributed by atoms with Crippen molar-refractivity contribution in [2.24, 2.45) is 5.84 Å². The van der Waals surface area contributed by atoms with Gasteiger partial charge in [0.25, 0.3) is 5.91 Å². The van der Waals surface area contributed by atoms with Gasteiger partial charge in [0.05, 0.1) is 5.69 Å². The molecule has 106 valence electrons. The molecule has 19 heavy (non-hydrogen) atoms. The van der Waals surface area contributed by atoms with Gasteiger partial charge in [-0.3, -0.25) is 15.6 Å². The summed E-state index contributed by atoms with van der Waals surface area (Å²) in [6.45, 7) is 4.32. The summed E-state index contributed by atoms with van der Waals surface area (Å²) < 4.78 is 0. The summed E-state index contributed by atoms with van der Waals surface area (Å²) in [6, 6.07) is 3.39. The molecule has 0 aromatic carbocycles. The second kappa shape index (κ2) is 7.70. The van der Waals surface area contributed by atoms with E-state index in [1.165, 1.54) is 0 Å². The number of nitrogens with one attached hydrogen (secondary N) is 1. The zero-order valence-corrected chi connectivity index (χ0v) is 11.9. The molecular weight excluding hydrogens is 242 g/mol. The first-order valence-corrected chi connectivity index (χ1v) is 6.45. The standard InChI is InChI=1S/C13H23N5O/c1-4-7-18(9-8-17(2)3)13(19)12-10-11(16-14)5-6-15-12/h5-6,10H,4,7-9,14H2,1-3H3,(H,15,16). The number of aromatic nitrogens is 1. The summed E-state index contributed by atoms with van der Waals surface area (Å²) >= 11 is 0. The number of nitrogen functional groups attached to an aromatic ring is 1. The zero-order chi connectivity index (χ0) is 14.3. The highest BCUT2D eigenvalue weighted by Crippen LogP contribution is 2.09. The smallest absolute Gasteiger partial charge is 0.272 e. The van der Waals surface area contributed by atoms with Crippen molar-refractivity contribution in [1.29, 1.82) is 0 Å². The van der Waals surface area contributed by atoms with Crippen LogP contribution in [0, 0.1) is 0 Å². The van der Waals surface area contributed by atoms with Gasteiger partial charge < -0.3 is 15.2 Å². The van der Waals surface area contributed by atoms with Gasteiger partial charge >= 0.3 is 0 Å². The Labute approximate surface area is 114 Å². The lowest BCUT2D eigenvalue weighted by atomic mass is 10.2. The van der Waals surface area contributed by atoms with E-state index in [0.717, 1.165) is 19.5 Å². The number of pyridine rings is 1. The van der Waals surface area contributed by atoms with Gasteiger partial charge in [0.15, 0.2) is 0 Å². The maximum Gasteiger partial charge on any atom is 0.272 e. The lowest BCUT2D eigenvalue weighted by molar-refractivity contribution is 0.0739. The van der Waals surface area contributed by atoms with Crippen LogP contribution in [0.25, 0.3) is 0 Å². The first kappa shape index (κ1) is 15.4. The second-order valence-electron chi connectivity index (χ2n) is 4.67. The number of anilines is 1. The molecule has 1 aromatic rings. The fraction of sp³-hybridized carbons (Fsp3) is 0.538. The molecule has 1 aromatic heterocycles. The number of carbonyl (C=O) groups is 1. The Morgan fingerprint density at radius 3 is 2.68 bits per heavy atom. The number of rotatable bonds is 7. The summed E-state index contributed by atoms with van der Waals surface area (Å²) in [5.74, 6) is 5.29. The Hall–Kier alpha value is -1.66. The zero-order valence-electron chi connectivity index (χ0n) is 11.9. The molecule has 0 bridgehead atoms. The number of carbonyl (C=O) groups excluding carboxylic acids is 1. The maximum absolute atomic E-state index is 12.4. The van der Waals surface area contributed by atoms with Gasteiger partial charge in [-0.15, -0.1) is 0 Å². The molecule has 6 nitrogen and oxygen atoms in total. The van der Waals surface area contributed by atoms with E-state index in [9.17, 15) is 4.79 Å². The highest BCUT2D eigenvalue weighted by Gasteiger charge is 2.16. The maximum atomic E-state index is 12.4. The Kier molecular flexibility index (Phi) is 6.24. The SMILES string of the molecule is CCCN(CCN(C)C)C(=O)c1cc(NN)ccn1. The summed E-state index contributed by atoms with van der Waals surface area (Å²) in [4.78, 5) is 20.4. The quantitative estimate of drug-likeness (QED) is 0.563. The lowest BCUT2D eigenvalue weighted by Crippen LogP contribution is -2.37. The largest absolute Gasteiger partial charge is 0.336 e. The van der Waals surface area contributed by atoms with E-state index in [-0.39, 0.29) is 5.91 Å². The third kappa shape index (κ3) is 4.84. The van der Waals surface area contributed by atoms with Crippen LogP contribution < -0.4 is 11.3 Å². The predicted molar refractivity (Wildman–Crippen MR) is 76.8 cm³/mol. The average Bonchev–Trinajstić information content (AvgIpc) is 2.42. The van der Waals surface area contributed by atoms with Crippen molar-refractivity contribution in [1.82, 2.24) is 14.8 Å². The van der Waals surface area contributed by atoms with Gasteiger partial charge in [0.2, 0.25) is 0 Å². The fourth-order valence-electron chi connectivity index (χ4n) is 1.70. The number of likely N-dealkylation sites (N-methyl/N-ethyl adjacent to an activating group) is 1. The van der Waals surface area contributed by atoms with Crippen molar-refractivity contribution in [3.63, 3.8) is 0 Å².